The number of anilines is 1. The summed E-state index contributed by atoms with van der Waals surface area (Å²) >= 11 is 0. The van der Waals surface area contributed by atoms with E-state index in [1.54, 1.807) is 0 Å². The first kappa shape index (κ1) is 16.1. The summed E-state index contributed by atoms with van der Waals surface area (Å²) in [5, 5.41) is 14.2. The third-order valence-electron chi connectivity index (χ3n) is 4.59. The average molecular weight is 313 g/mol. The lowest BCUT2D eigenvalue weighted by atomic mass is 10.0. The van der Waals surface area contributed by atoms with Crippen molar-refractivity contribution in [2.75, 3.05) is 18.1 Å². The molecule has 124 valence electrons. The van der Waals surface area contributed by atoms with E-state index in [2.05, 4.69) is 53.8 Å². The Labute approximate surface area is 138 Å². The van der Waals surface area contributed by atoms with E-state index >= 15 is 0 Å². The molecule has 0 bridgehead atoms. The second-order valence-corrected chi connectivity index (χ2v) is 6.70. The fourth-order valence-corrected chi connectivity index (χ4v) is 3.25. The smallest absolute Gasteiger partial charge is 0.0820 e. The highest BCUT2D eigenvalue weighted by molar-refractivity contribution is 5.49. The van der Waals surface area contributed by atoms with E-state index in [0.717, 1.165) is 30.9 Å². The maximum Gasteiger partial charge on any atom is 0.0820 e. The minimum absolute atomic E-state index is 0.152. The summed E-state index contributed by atoms with van der Waals surface area (Å²) in [6, 6.07) is 10.9. The molecule has 0 saturated heterocycles. The van der Waals surface area contributed by atoms with Crippen molar-refractivity contribution in [3.8, 4) is 0 Å². The third kappa shape index (κ3) is 3.75. The van der Waals surface area contributed by atoms with E-state index in [0.29, 0.717) is 12.5 Å². The summed E-state index contributed by atoms with van der Waals surface area (Å²) in [5.74, 6) is 0.505. The quantitative estimate of drug-likeness (QED) is 0.889. The summed E-state index contributed by atoms with van der Waals surface area (Å²) in [6.45, 7) is 6.99. The molecule has 3 rings (SSSR count). The van der Waals surface area contributed by atoms with Gasteiger partial charge in [0.05, 0.1) is 18.8 Å². The molecule has 1 aromatic heterocycles. The molecule has 1 N–H and O–H groups in total. The van der Waals surface area contributed by atoms with Crippen LogP contribution in [0.3, 0.4) is 0 Å². The molecule has 0 unspecified atom stereocenters. The molecule has 0 aliphatic carbocycles. The Morgan fingerprint density at radius 1 is 1.26 bits per heavy atom. The molecule has 0 fully saturated rings. The van der Waals surface area contributed by atoms with Crippen molar-refractivity contribution in [1.82, 2.24) is 9.78 Å². The van der Waals surface area contributed by atoms with Crippen LogP contribution >= 0.6 is 0 Å². The van der Waals surface area contributed by atoms with Crippen LogP contribution in [0.25, 0.3) is 0 Å². The van der Waals surface area contributed by atoms with Gasteiger partial charge in [0.25, 0.3) is 0 Å². The van der Waals surface area contributed by atoms with Gasteiger partial charge in [0.1, 0.15) is 0 Å². The monoisotopic (exact) mass is 313 g/mol. The molecule has 1 aliphatic heterocycles. The Bertz CT molecular complexity index is 624. The van der Waals surface area contributed by atoms with Crippen molar-refractivity contribution < 1.29 is 5.11 Å². The van der Waals surface area contributed by atoms with E-state index in [4.69, 9.17) is 5.10 Å². The van der Waals surface area contributed by atoms with Crippen LogP contribution in [0.2, 0.25) is 0 Å². The average Bonchev–Trinajstić information content (AvgIpc) is 2.97. The fourth-order valence-electron chi connectivity index (χ4n) is 3.25. The maximum absolute atomic E-state index is 9.45. The van der Waals surface area contributed by atoms with E-state index < -0.39 is 0 Å². The van der Waals surface area contributed by atoms with Gasteiger partial charge in [-0.3, -0.25) is 4.68 Å². The molecule has 4 heteroatoms. The summed E-state index contributed by atoms with van der Waals surface area (Å²) in [6.07, 6.45) is 3.63. The lowest BCUT2D eigenvalue weighted by molar-refractivity contribution is 0.301. The largest absolute Gasteiger partial charge is 0.395 e. The first-order valence-corrected chi connectivity index (χ1v) is 8.68. The summed E-state index contributed by atoms with van der Waals surface area (Å²) in [4.78, 5) is 2.22. The van der Waals surface area contributed by atoms with Crippen molar-refractivity contribution in [3.05, 3.63) is 47.3 Å². The zero-order chi connectivity index (χ0) is 16.2. The molecule has 2 heterocycles. The first-order chi connectivity index (χ1) is 11.2. The van der Waals surface area contributed by atoms with E-state index in [1.807, 2.05) is 0 Å². The van der Waals surface area contributed by atoms with E-state index in [-0.39, 0.29) is 6.61 Å². The van der Waals surface area contributed by atoms with Crippen LogP contribution in [0.4, 0.5) is 5.69 Å². The minimum atomic E-state index is 0.152. The zero-order valence-electron chi connectivity index (χ0n) is 14.2. The van der Waals surface area contributed by atoms with Gasteiger partial charge >= 0.3 is 0 Å². The predicted molar refractivity (Wildman–Crippen MR) is 93.8 cm³/mol. The van der Waals surface area contributed by atoms with Crippen molar-refractivity contribution in [3.63, 3.8) is 0 Å². The molecule has 2 aromatic rings. The van der Waals surface area contributed by atoms with Crippen LogP contribution in [0, 0.1) is 0 Å². The molecule has 0 amide bonds. The van der Waals surface area contributed by atoms with E-state index in [9.17, 15) is 5.11 Å². The lowest BCUT2D eigenvalue weighted by Crippen LogP contribution is -2.26. The number of fused-ring (bicyclic) bond motifs is 1. The number of benzene rings is 1. The Morgan fingerprint density at radius 2 is 2.13 bits per heavy atom. The second kappa shape index (κ2) is 7.18. The molecule has 0 atom stereocenters. The Kier molecular flexibility index (Phi) is 5.01. The fraction of sp³-hybridized carbons (Fsp3) is 0.526. The highest BCUT2D eigenvalue weighted by Crippen LogP contribution is 2.23. The molecule has 23 heavy (non-hydrogen) atoms. The topological polar surface area (TPSA) is 41.3 Å². The summed E-state index contributed by atoms with van der Waals surface area (Å²) in [5.41, 5.74) is 4.95. The molecular formula is C19H27N3O. The van der Waals surface area contributed by atoms with Gasteiger partial charge in [0.15, 0.2) is 0 Å². The van der Waals surface area contributed by atoms with Gasteiger partial charge in [-0.25, -0.2) is 0 Å². The number of rotatable bonds is 6. The van der Waals surface area contributed by atoms with Gasteiger partial charge in [-0.1, -0.05) is 26.0 Å². The Hall–Kier alpha value is -1.81. The Balaban J connectivity index is 1.81. The summed E-state index contributed by atoms with van der Waals surface area (Å²) in [7, 11) is 0. The van der Waals surface area contributed by atoms with E-state index in [1.165, 1.54) is 24.1 Å². The normalized spacial score (nSPS) is 14.1. The van der Waals surface area contributed by atoms with Crippen LogP contribution < -0.4 is 4.90 Å². The van der Waals surface area contributed by atoms with Gasteiger partial charge in [-0.15, -0.1) is 0 Å². The molecular weight excluding hydrogens is 286 g/mol. The molecule has 0 radical (unpaired) electrons. The Morgan fingerprint density at radius 3 is 2.87 bits per heavy atom. The standard InChI is InChI=1S/C19H27N3O/c1-15(2)16-6-5-8-18(12-16)21(10-11-23)14-17-13-19-7-3-4-9-22(19)20-17/h5-6,8,12-13,15,23H,3-4,7,9-11,14H2,1-2H3. The number of aliphatic hydroxyl groups is 1. The van der Waals surface area contributed by atoms with Crippen LogP contribution in [0.5, 0.6) is 0 Å². The SMILES string of the molecule is CC(C)c1cccc(N(CCO)Cc2cc3n(n2)CCCC3)c1. The minimum Gasteiger partial charge on any atom is -0.395 e. The molecule has 1 aromatic carbocycles. The van der Waals surface area contributed by atoms with Gasteiger partial charge in [-0.2, -0.15) is 5.10 Å². The molecule has 0 spiro atoms. The van der Waals surface area contributed by atoms with Crippen LogP contribution in [-0.2, 0) is 19.5 Å². The number of nitrogens with zero attached hydrogens (tertiary/aromatic N) is 3. The summed E-state index contributed by atoms with van der Waals surface area (Å²) < 4.78 is 2.15. The van der Waals surface area contributed by atoms with Gasteiger partial charge in [0.2, 0.25) is 0 Å². The molecule has 4 nitrogen and oxygen atoms in total. The highest BCUT2D eigenvalue weighted by Gasteiger charge is 2.15. The third-order valence-corrected chi connectivity index (χ3v) is 4.59. The lowest BCUT2D eigenvalue weighted by Gasteiger charge is -2.24. The van der Waals surface area contributed by atoms with Crippen molar-refractivity contribution in [2.45, 2.75) is 52.1 Å². The highest BCUT2D eigenvalue weighted by atomic mass is 16.3. The second-order valence-electron chi connectivity index (χ2n) is 6.70. The number of aliphatic hydroxyl groups excluding tert-OH is 1. The zero-order valence-corrected chi connectivity index (χ0v) is 14.2. The van der Waals surface area contributed by atoms with Crippen LogP contribution in [0.15, 0.2) is 30.3 Å². The van der Waals surface area contributed by atoms with Gasteiger partial charge in [-0.05, 0) is 48.9 Å². The number of aryl methyl sites for hydroxylation is 2. The molecule has 0 saturated carbocycles. The maximum atomic E-state index is 9.45. The van der Waals surface area contributed by atoms with Gasteiger partial charge < -0.3 is 10.0 Å². The van der Waals surface area contributed by atoms with Crippen molar-refractivity contribution in [2.24, 2.45) is 0 Å². The van der Waals surface area contributed by atoms with Crippen molar-refractivity contribution in [1.29, 1.82) is 0 Å². The van der Waals surface area contributed by atoms with Crippen LogP contribution in [0.1, 0.15) is 49.6 Å². The number of hydrogen-bond acceptors (Lipinski definition) is 3. The van der Waals surface area contributed by atoms with Crippen LogP contribution in [-0.4, -0.2) is 28.0 Å². The predicted octanol–water partition coefficient (Wildman–Crippen LogP) is 3.34. The first-order valence-electron chi connectivity index (χ1n) is 8.68. The van der Waals surface area contributed by atoms with Gasteiger partial charge in [0, 0.05) is 24.5 Å². The van der Waals surface area contributed by atoms with Crippen molar-refractivity contribution >= 4 is 5.69 Å². The number of hydrogen-bond donors (Lipinski definition) is 1. The molecule has 1 aliphatic rings. The number of aromatic nitrogens is 2.